The van der Waals surface area contributed by atoms with Crippen molar-refractivity contribution in [2.24, 2.45) is 0 Å². The van der Waals surface area contributed by atoms with Crippen LogP contribution in [0.2, 0.25) is 0 Å². The van der Waals surface area contributed by atoms with Gasteiger partial charge >= 0.3 is 0 Å². The van der Waals surface area contributed by atoms with Crippen molar-refractivity contribution >= 4 is 21.2 Å². The minimum atomic E-state index is -3.35. The number of anilines is 1. The van der Waals surface area contributed by atoms with Gasteiger partial charge in [-0.2, -0.15) is 0 Å². The lowest BCUT2D eigenvalue weighted by Crippen LogP contribution is -2.30. The second-order valence-corrected chi connectivity index (χ2v) is 7.65. The fourth-order valence-electron chi connectivity index (χ4n) is 2.71. The van der Waals surface area contributed by atoms with Crippen molar-refractivity contribution in [2.75, 3.05) is 24.2 Å². The Hall–Kier alpha value is -2.21. The van der Waals surface area contributed by atoms with E-state index in [2.05, 4.69) is 28.2 Å². The number of rotatable bonds is 3. The van der Waals surface area contributed by atoms with E-state index in [-0.39, 0.29) is 4.90 Å². The maximum atomic E-state index is 12.0. The molecule has 23 heavy (non-hydrogen) atoms. The van der Waals surface area contributed by atoms with E-state index in [4.69, 9.17) is 0 Å². The van der Waals surface area contributed by atoms with Crippen molar-refractivity contribution in [1.82, 2.24) is 9.97 Å². The zero-order chi connectivity index (χ0) is 16.4. The lowest BCUT2D eigenvalue weighted by atomic mass is 10.00. The summed E-state index contributed by atoms with van der Waals surface area (Å²) in [6, 6.07) is 10.2. The van der Waals surface area contributed by atoms with E-state index < -0.39 is 9.84 Å². The molecule has 1 aromatic heterocycles. The maximum Gasteiger partial charge on any atom is 0.180 e. The summed E-state index contributed by atoms with van der Waals surface area (Å²) >= 11 is 0. The molecule has 0 saturated carbocycles. The average molecular weight is 329 g/mol. The van der Waals surface area contributed by atoms with Gasteiger partial charge in [-0.25, -0.2) is 18.4 Å². The highest BCUT2D eigenvalue weighted by atomic mass is 32.2. The van der Waals surface area contributed by atoms with Crippen molar-refractivity contribution < 1.29 is 8.42 Å². The first-order valence-corrected chi connectivity index (χ1v) is 9.37. The third-order valence-electron chi connectivity index (χ3n) is 3.91. The molecule has 1 aliphatic rings. The molecule has 1 aliphatic heterocycles. The van der Waals surface area contributed by atoms with Crippen LogP contribution in [0.25, 0.3) is 5.57 Å². The SMILES string of the molecule is Cc1ncc(S(C)(=O)=O)c(N2CC=C(c3ccccc3)CC2)n1. The highest BCUT2D eigenvalue weighted by Gasteiger charge is 2.22. The standard InChI is InChI=1S/C17H19N3O2S/c1-13-18-12-16(23(2,21)22)17(19-13)20-10-8-15(9-11-20)14-6-4-3-5-7-14/h3-8,12H,9-11H2,1-2H3. The molecule has 0 amide bonds. The summed E-state index contributed by atoms with van der Waals surface area (Å²) in [5, 5.41) is 0. The van der Waals surface area contributed by atoms with Gasteiger partial charge in [-0.15, -0.1) is 0 Å². The van der Waals surface area contributed by atoms with E-state index >= 15 is 0 Å². The number of hydrogen-bond donors (Lipinski definition) is 0. The van der Waals surface area contributed by atoms with Gasteiger partial charge < -0.3 is 4.90 Å². The van der Waals surface area contributed by atoms with Gasteiger partial charge in [0.1, 0.15) is 10.7 Å². The van der Waals surface area contributed by atoms with Gasteiger partial charge in [-0.1, -0.05) is 36.4 Å². The van der Waals surface area contributed by atoms with Crippen LogP contribution < -0.4 is 4.90 Å². The van der Waals surface area contributed by atoms with Crippen LogP contribution in [0, 0.1) is 6.92 Å². The first kappa shape index (κ1) is 15.7. The highest BCUT2D eigenvalue weighted by molar-refractivity contribution is 7.90. The second-order valence-electron chi connectivity index (χ2n) is 5.67. The van der Waals surface area contributed by atoms with E-state index in [9.17, 15) is 8.42 Å². The molecule has 0 radical (unpaired) electrons. The van der Waals surface area contributed by atoms with Gasteiger partial charge in [0.2, 0.25) is 0 Å². The van der Waals surface area contributed by atoms with E-state index in [0.717, 1.165) is 13.0 Å². The van der Waals surface area contributed by atoms with Gasteiger partial charge in [-0.3, -0.25) is 0 Å². The van der Waals surface area contributed by atoms with Gasteiger partial charge in [0.25, 0.3) is 0 Å². The Labute approximate surface area is 136 Å². The first-order valence-electron chi connectivity index (χ1n) is 7.48. The largest absolute Gasteiger partial charge is 0.351 e. The summed E-state index contributed by atoms with van der Waals surface area (Å²) in [5.41, 5.74) is 2.50. The molecule has 0 atom stereocenters. The number of sulfone groups is 1. The van der Waals surface area contributed by atoms with Crippen molar-refractivity contribution in [3.8, 4) is 0 Å². The molecule has 0 bridgehead atoms. The minimum absolute atomic E-state index is 0.194. The number of hydrogen-bond acceptors (Lipinski definition) is 5. The van der Waals surface area contributed by atoms with Gasteiger partial charge in [0.05, 0.1) is 6.20 Å². The smallest absolute Gasteiger partial charge is 0.180 e. The summed E-state index contributed by atoms with van der Waals surface area (Å²) in [7, 11) is -3.35. The van der Waals surface area contributed by atoms with E-state index in [1.165, 1.54) is 23.6 Å². The van der Waals surface area contributed by atoms with Crippen molar-refractivity contribution in [3.05, 3.63) is 54.0 Å². The molecule has 6 heteroatoms. The van der Waals surface area contributed by atoms with Crippen LogP contribution in [-0.4, -0.2) is 37.7 Å². The summed E-state index contributed by atoms with van der Waals surface area (Å²) in [5.74, 6) is 1.08. The molecule has 0 aliphatic carbocycles. The molecule has 2 aromatic rings. The topological polar surface area (TPSA) is 63.2 Å². The predicted octanol–water partition coefficient (Wildman–Crippen LogP) is 2.48. The summed E-state index contributed by atoms with van der Waals surface area (Å²) in [6.07, 6.45) is 5.60. The quantitative estimate of drug-likeness (QED) is 0.866. The number of aryl methyl sites for hydroxylation is 1. The Morgan fingerprint density at radius 2 is 1.91 bits per heavy atom. The molecule has 1 aromatic carbocycles. The molecule has 0 fully saturated rings. The number of benzene rings is 1. The van der Waals surface area contributed by atoms with E-state index in [0.29, 0.717) is 18.2 Å². The third-order valence-corrected chi connectivity index (χ3v) is 5.00. The monoisotopic (exact) mass is 329 g/mol. The van der Waals surface area contributed by atoms with Crippen molar-refractivity contribution in [1.29, 1.82) is 0 Å². The van der Waals surface area contributed by atoms with Crippen molar-refractivity contribution in [2.45, 2.75) is 18.2 Å². The van der Waals surface area contributed by atoms with Gasteiger partial charge in [-0.05, 0) is 24.5 Å². The summed E-state index contributed by atoms with van der Waals surface area (Å²) in [4.78, 5) is 10.6. The molecule has 0 saturated heterocycles. The van der Waals surface area contributed by atoms with Crippen LogP contribution in [0.5, 0.6) is 0 Å². The summed E-state index contributed by atoms with van der Waals surface area (Å²) < 4.78 is 23.9. The number of aromatic nitrogens is 2. The minimum Gasteiger partial charge on any atom is -0.351 e. The molecule has 0 unspecified atom stereocenters. The van der Waals surface area contributed by atoms with Crippen LogP contribution in [0.4, 0.5) is 5.82 Å². The van der Waals surface area contributed by atoms with Crippen LogP contribution in [-0.2, 0) is 9.84 Å². The summed E-state index contributed by atoms with van der Waals surface area (Å²) in [6.45, 7) is 3.15. The zero-order valence-electron chi connectivity index (χ0n) is 13.2. The third kappa shape index (κ3) is 3.42. The van der Waals surface area contributed by atoms with Crippen LogP contribution in [0.1, 0.15) is 17.8 Å². The Kier molecular flexibility index (Phi) is 4.17. The molecule has 2 heterocycles. The molecule has 120 valence electrons. The average Bonchev–Trinajstić information content (AvgIpc) is 2.55. The Morgan fingerprint density at radius 3 is 2.52 bits per heavy atom. The molecule has 0 N–H and O–H groups in total. The lowest BCUT2D eigenvalue weighted by molar-refractivity contribution is 0.600. The molecular weight excluding hydrogens is 310 g/mol. The molecular formula is C17H19N3O2S. The van der Waals surface area contributed by atoms with Crippen LogP contribution in [0.15, 0.2) is 47.5 Å². The van der Waals surface area contributed by atoms with Gasteiger partial charge in [0, 0.05) is 19.3 Å². The molecule has 0 spiro atoms. The van der Waals surface area contributed by atoms with Crippen LogP contribution in [0.3, 0.4) is 0 Å². The van der Waals surface area contributed by atoms with Crippen molar-refractivity contribution in [3.63, 3.8) is 0 Å². The second kappa shape index (κ2) is 6.12. The fourth-order valence-corrected chi connectivity index (χ4v) is 3.46. The van der Waals surface area contributed by atoms with E-state index in [1.807, 2.05) is 23.1 Å². The lowest BCUT2D eigenvalue weighted by Gasteiger charge is -2.28. The Balaban J connectivity index is 1.91. The maximum absolute atomic E-state index is 12.0. The van der Waals surface area contributed by atoms with Crippen LogP contribution >= 0.6 is 0 Å². The molecule has 5 nitrogen and oxygen atoms in total. The Bertz CT molecular complexity index is 845. The normalized spacial score (nSPS) is 15.4. The van der Waals surface area contributed by atoms with Gasteiger partial charge in [0.15, 0.2) is 15.7 Å². The Morgan fingerprint density at radius 1 is 1.17 bits per heavy atom. The molecule has 3 rings (SSSR count). The number of nitrogens with zero attached hydrogens (tertiary/aromatic N) is 3. The fraction of sp³-hybridized carbons (Fsp3) is 0.294. The van der Waals surface area contributed by atoms with E-state index in [1.54, 1.807) is 6.92 Å². The first-order chi connectivity index (χ1) is 10.9. The zero-order valence-corrected chi connectivity index (χ0v) is 14.0. The highest BCUT2D eigenvalue weighted by Crippen LogP contribution is 2.28. The predicted molar refractivity (Wildman–Crippen MR) is 91.1 cm³/mol.